The number of piperazine rings is 1. The molecule has 1 fully saturated rings. The molecular formula is C11H21N5. The first-order valence-electron chi connectivity index (χ1n) is 5.78. The van der Waals surface area contributed by atoms with Gasteiger partial charge in [-0.15, -0.1) is 0 Å². The van der Waals surface area contributed by atoms with E-state index in [0.29, 0.717) is 6.04 Å². The van der Waals surface area contributed by atoms with Gasteiger partial charge in [-0.25, -0.2) is 4.98 Å². The molecule has 2 rings (SSSR count). The molecule has 0 bridgehead atoms. The van der Waals surface area contributed by atoms with Crippen LogP contribution < -0.4 is 5.32 Å². The van der Waals surface area contributed by atoms with Crippen molar-refractivity contribution in [3.05, 3.63) is 12.4 Å². The summed E-state index contributed by atoms with van der Waals surface area (Å²) in [7, 11) is 6.30. The molecule has 0 aliphatic carbocycles. The van der Waals surface area contributed by atoms with Gasteiger partial charge in [0.25, 0.3) is 0 Å². The molecule has 0 amide bonds. The molecule has 1 aliphatic rings. The van der Waals surface area contributed by atoms with Gasteiger partial charge in [-0.3, -0.25) is 4.90 Å². The molecule has 1 N–H and O–H groups in total. The standard InChI is InChI=1S/C11H21N5/c1-12-11-13-4-5-16(11)9-10-8-14(2)6-7-15(10)3/h4-5,10H,6-9H2,1-3H3,(H,12,13). The first-order valence-corrected chi connectivity index (χ1v) is 5.78. The molecule has 5 nitrogen and oxygen atoms in total. The van der Waals surface area contributed by atoms with E-state index in [-0.39, 0.29) is 0 Å². The Labute approximate surface area is 97.1 Å². The van der Waals surface area contributed by atoms with Crippen molar-refractivity contribution in [2.45, 2.75) is 12.6 Å². The second-order valence-corrected chi connectivity index (χ2v) is 4.55. The van der Waals surface area contributed by atoms with Crippen LogP contribution in [0.2, 0.25) is 0 Å². The number of nitrogens with one attached hydrogen (secondary N) is 1. The van der Waals surface area contributed by atoms with Gasteiger partial charge in [-0.05, 0) is 14.1 Å². The highest BCUT2D eigenvalue weighted by molar-refractivity contribution is 5.24. The van der Waals surface area contributed by atoms with Gasteiger partial charge < -0.3 is 14.8 Å². The summed E-state index contributed by atoms with van der Waals surface area (Å²) in [5.41, 5.74) is 0. The summed E-state index contributed by atoms with van der Waals surface area (Å²) < 4.78 is 2.18. The second kappa shape index (κ2) is 4.84. The molecule has 0 saturated carbocycles. The lowest BCUT2D eigenvalue weighted by Crippen LogP contribution is -2.51. The highest BCUT2D eigenvalue weighted by Gasteiger charge is 2.22. The number of hydrogen-bond acceptors (Lipinski definition) is 4. The maximum absolute atomic E-state index is 4.26. The summed E-state index contributed by atoms with van der Waals surface area (Å²) in [6.45, 7) is 4.43. The van der Waals surface area contributed by atoms with Gasteiger partial charge in [0, 0.05) is 51.7 Å². The van der Waals surface area contributed by atoms with E-state index in [1.165, 1.54) is 0 Å². The maximum Gasteiger partial charge on any atom is 0.202 e. The zero-order valence-corrected chi connectivity index (χ0v) is 10.3. The molecule has 0 aromatic carbocycles. The van der Waals surface area contributed by atoms with Crippen molar-refractivity contribution in [1.29, 1.82) is 0 Å². The fourth-order valence-electron chi connectivity index (χ4n) is 2.21. The normalized spacial score (nSPS) is 23.6. The molecule has 1 aromatic rings. The molecule has 1 atom stereocenters. The van der Waals surface area contributed by atoms with Crippen LogP contribution in [0.25, 0.3) is 0 Å². The van der Waals surface area contributed by atoms with Gasteiger partial charge in [-0.1, -0.05) is 0 Å². The Kier molecular flexibility index (Phi) is 3.46. The van der Waals surface area contributed by atoms with Crippen LogP contribution in [0.15, 0.2) is 12.4 Å². The summed E-state index contributed by atoms with van der Waals surface area (Å²) in [6, 6.07) is 0.569. The van der Waals surface area contributed by atoms with Crippen molar-refractivity contribution >= 4 is 5.95 Å². The number of rotatable bonds is 3. The summed E-state index contributed by atoms with van der Waals surface area (Å²) in [6.07, 6.45) is 3.88. The lowest BCUT2D eigenvalue weighted by molar-refractivity contribution is 0.103. The number of anilines is 1. The minimum atomic E-state index is 0.569. The highest BCUT2D eigenvalue weighted by atomic mass is 15.3. The van der Waals surface area contributed by atoms with E-state index in [1.54, 1.807) is 0 Å². The Morgan fingerprint density at radius 3 is 3.00 bits per heavy atom. The fraction of sp³-hybridized carbons (Fsp3) is 0.727. The monoisotopic (exact) mass is 223 g/mol. The summed E-state index contributed by atoms with van der Waals surface area (Å²) in [5, 5.41) is 3.11. The molecule has 16 heavy (non-hydrogen) atoms. The predicted octanol–water partition coefficient (Wildman–Crippen LogP) is 0.171. The molecule has 0 radical (unpaired) electrons. The highest BCUT2D eigenvalue weighted by Crippen LogP contribution is 2.11. The molecule has 0 spiro atoms. The van der Waals surface area contributed by atoms with E-state index in [9.17, 15) is 0 Å². The quantitative estimate of drug-likeness (QED) is 0.792. The van der Waals surface area contributed by atoms with Crippen LogP contribution in [0.5, 0.6) is 0 Å². The fourth-order valence-corrected chi connectivity index (χ4v) is 2.21. The number of likely N-dealkylation sites (N-methyl/N-ethyl adjacent to an activating group) is 2. The van der Waals surface area contributed by atoms with E-state index in [0.717, 1.165) is 32.1 Å². The minimum Gasteiger partial charge on any atom is -0.359 e. The van der Waals surface area contributed by atoms with Crippen LogP contribution in [0.3, 0.4) is 0 Å². The van der Waals surface area contributed by atoms with Crippen molar-refractivity contribution < 1.29 is 0 Å². The number of aromatic nitrogens is 2. The smallest absolute Gasteiger partial charge is 0.202 e. The largest absolute Gasteiger partial charge is 0.359 e. The van der Waals surface area contributed by atoms with E-state index in [1.807, 2.05) is 19.4 Å². The Bertz CT molecular complexity index is 335. The van der Waals surface area contributed by atoms with Crippen LogP contribution in [0.4, 0.5) is 5.95 Å². The topological polar surface area (TPSA) is 36.3 Å². The summed E-state index contributed by atoms with van der Waals surface area (Å²) in [5.74, 6) is 0.946. The van der Waals surface area contributed by atoms with E-state index in [4.69, 9.17) is 0 Å². The Balaban J connectivity index is 2.02. The third-order valence-electron chi connectivity index (χ3n) is 3.33. The third-order valence-corrected chi connectivity index (χ3v) is 3.33. The van der Waals surface area contributed by atoms with Crippen LogP contribution >= 0.6 is 0 Å². The second-order valence-electron chi connectivity index (χ2n) is 4.55. The molecule has 2 heterocycles. The van der Waals surface area contributed by atoms with Gasteiger partial charge in [0.15, 0.2) is 0 Å². The first kappa shape index (κ1) is 11.4. The van der Waals surface area contributed by atoms with E-state index >= 15 is 0 Å². The molecular weight excluding hydrogens is 202 g/mol. The van der Waals surface area contributed by atoms with E-state index in [2.05, 4.69) is 38.8 Å². The van der Waals surface area contributed by atoms with Crippen molar-refractivity contribution in [2.24, 2.45) is 0 Å². The molecule has 1 aliphatic heterocycles. The average Bonchev–Trinajstić information content (AvgIpc) is 2.71. The van der Waals surface area contributed by atoms with Gasteiger partial charge in [0.2, 0.25) is 5.95 Å². The van der Waals surface area contributed by atoms with Crippen LogP contribution in [0, 0.1) is 0 Å². The van der Waals surface area contributed by atoms with Gasteiger partial charge in [-0.2, -0.15) is 0 Å². The summed E-state index contributed by atoms with van der Waals surface area (Å²) in [4.78, 5) is 9.08. The van der Waals surface area contributed by atoms with Crippen molar-refractivity contribution in [3.8, 4) is 0 Å². The van der Waals surface area contributed by atoms with Crippen molar-refractivity contribution in [1.82, 2.24) is 19.4 Å². The molecule has 1 saturated heterocycles. The van der Waals surface area contributed by atoms with Gasteiger partial charge >= 0.3 is 0 Å². The van der Waals surface area contributed by atoms with Gasteiger partial charge in [0.1, 0.15) is 0 Å². The SMILES string of the molecule is CNc1nccn1CC1CN(C)CCN1C. The Morgan fingerprint density at radius 2 is 2.25 bits per heavy atom. The minimum absolute atomic E-state index is 0.569. The van der Waals surface area contributed by atoms with E-state index < -0.39 is 0 Å². The zero-order valence-electron chi connectivity index (χ0n) is 10.3. The average molecular weight is 223 g/mol. The van der Waals surface area contributed by atoms with Crippen molar-refractivity contribution in [3.63, 3.8) is 0 Å². The molecule has 90 valence electrons. The van der Waals surface area contributed by atoms with Crippen LogP contribution in [-0.2, 0) is 6.54 Å². The Hall–Kier alpha value is -1.07. The number of hydrogen-bond donors (Lipinski definition) is 1. The van der Waals surface area contributed by atoms with Crippen molar-refractivity contribution in [2.75, 3.05) is 46.1 Å². The van der Waals surface area contributed by atoms with Gasteiger partial charge in [0.05, 0.1) is 0 Å². The molecule has 1 unspecified atom stereocenters. The summed E-state index contributed by atoms with van der Waals surface area (Å²) >= 11 is 0. The third kappa shape index (κ3) is 2.36. The lowest BCUT2D eigenvalue weighted by atomic mass is 10.2. The molecule has 1 aromatic heterocycles. The predicted molar refractivity (Wildman–Crippen MR) is 65.7 cm³/mol. The lowest BCUT2D eigenvalue weighted by Gasteiger charge is -2.38. The number of imidazole rings is 1. The number of nitrogens with zero attached hydrogens (tertiary/aromatic N) is 4. The van der Waals surface area contributed by atoms with Crippen LogP contribution in [0.1, 0.15) is 0 Å². The maximum atomic E-state index is 4.26. The van der Waals surface area contributed by atoms with Crippen LogP contribution in [-0.4, -0.2) is 66.2 Å². The Morgan fingerprint density at radius 1 is 1.44 bits per heavy atom. The first-order chi connectivity index (χ1) is 7.70. The zero-order chi connectivity index (χ0) is 11.5. The molecule has 5 heteroatoms.